The Morgan fingerprint density at radius 3 is 2.47 bits per heavy atom. The monoisotopic (exact) mass is 264 g/mol. The Morgan fingerprint density at radius 1 is 1.16 bits per heavy atom. The van der Waals surface area contributed by atoms with Crippen LogP contribution in [0.5, 0.6) is 5.75 Å². The molecule has 2 rings (SSSR count). The van der Waals surface area contributed by atoms with E-state index in [1.165, 1.54) is 19.2 Å². The molecule has 19 heavy (non-hydrogen) atoms. The van der Waals surface area contributed by atoms with Gasteiger partial charge in [0, 0.05) is 18.3 Å². The lowest BCUT2D eigenvalue weighted by Crippen LogP contribution is -2.14. The van der Waals surface area contributed by atoms with Crippen molar-refractivity contribution in [2.24, 2.45) is 5.73 Å². The largest absolute Gasteiger partial charge is 0.495 e. The van der Waals surface area contributed by atoms with Crippen molar-refractivity contribution in [2.45, 2.75) is 12.5 Å². The van der Waals surface area contributed by atoms with Crippen molar-refractivity contribution >= 4 is 0 Å². The van der Waals surface area contributed by atoms with Gasteiger partial charge in [0.2, 0.25) is 0 Å². The van der Waals surface area contributed by atoms with E-state index in [2.05, 4.69) is 4.98 Å². The van der Waals surface area contributed by atoms with Crippen LogP contribution >= 0.6 is 0 Å². The number of benzene rings is 1. The predicted molar refractivity (Wildman–Crippen MR) is 67.8 cm³/mol. The van der Waals surface area contributed by atoms with Gasteiger partial charge < -0.3 is 10.5 Å². The third-order valence-electron chi connectivity index (χ3n) is 2.78. The summed E-state index contributed by atoms with van der Waals surface area (Å²) in [5.74, 6) is -0.615. The lowest BCUT2D eigenvalue weighted by Gasteiger charge is -2.13. The summed E-state index contributed by atoms with van der Waals surface area (Å²) in [5.41, 5.74) is 7.27. The fraction of sp³-hybridized carbons (Fsp3) is 0.214. The van der Waals surface area contributed by atoms with E-state index in [0.29, 0.717) is 17.7 Å². The Hall–Kier alpha value is -2.01. The number of hydrogen-bond donors (Lipinski definition) is 1. The highest BCUT2D eigenvalue weighted by atomic mass is 19.1. The molecule has 1 aromatic heterocycles. The molecule has 0 spiro atoms. The second kappa shape index (κ2) is 5.75. The lowest BCUT2D eigenvalue weighted by atomic mass is 10.0. The minimum Gasteiger partial charge on any atom is -0.495 e. The summed E-state index contributed by atoms with van der Waals surface area (Å²) in [7, 11) is 1.54. The maximum Gasteiger partial charge on any atom is 0.137 e. The summed E-state index contributed by atoms with van der Waals surface area (Å²) in [5, 5.41) is 0. The molecule has 0 fully saturated rings. The van der Waals surface area contributed by atoms with Crippen LogP contribution in [0.3, 0.4) is 0 Å². The average Bonchev–Trinajstić information content (AvgIpc) is 2.37. The summed E-state index contributed by atoms with van der Waals surface area (Å²) in [6.45, 7) is 0. The summed E-state index contributed by atoms with van der Waals surface area (Å²) >= 11 is 0. The fourth-order valence-corrected chi connectivity index (χ4v) is 1.85. The molecule has 0 radical (unpaired) electrons. The van der Waals surface area contributed by atoms with Gasteiger partial charge in [-0.1, -0.05) is 0 Å². The number of halogens is 2. The highest BCUT2D eigenvalue weighted by Crippen LogP contribution is 2.20. The van der Waals surface area contributed by atoms with Crippen molar-refractivity contribution in [3.63, 3.8) is 0 Å². The molecule has 0 bridgehead atoms. The zero-order valence-electron chi connectivity index (χ0n) is 10.4. The molecule has 1 aromatic carbocycles. The number of nitrogens with zero attached hydrogens (tertiary/aromatic N) is 1. The summed E-state index contributed by atoms with van der Waals surface area (Å²) in [6, 6.07) is 4.74. The molecule has 0 aliphatic rings. The van der Waals surface area contributed by atoms with Crippen molar-refractivity contribution in [3.05, 3.63) is 59.4 Å². The number of ether oxygens (including phenoxy) is 1. The second-order valence-electron chi connectivity index (χ2n) is 4.25. The van der Waals surface area contributed by atoms with Crippen LogP contribution in [-0.4, -0.2) is 12.1 Å². The first kappa shape index (κ1) is 13.4. The highest BCUT2D eigenvalue weighted by Gasteiger charge is 2.10. The molecule has 2 N–H and O–H groups in total. The molecule has 1 atom stereocenters. The molecule has 0 aliphatic carbocycles. The first-order chi connectivity index (χ1) is 9.08. The van der Waals surface area contributed by atoms with Crippen LogP contribution in [0.4, 0.5) is 8.78 Å². The molecule has 1 heterocycles. The minimum atomic E-state index is -0.606. The van der Waals surface area contributed by atoms with Gasteiger partial charge in [-0.15, -0.1) is 0 Å². The fourth-order valence-electron chi connectivity index (χ4n) is 1.85. The number of nitrogens with two attached hydrogens (primary N) is 1. The number of methoxy groups -OCH3 is 1. The van der Waals surface area contributed by atoms with Gasteiger partial charge in [0.1, 0.15) is 17.4 Å². The van der Waals surface area contributed by atoms with E-state index in [4.69, 9.17) is 10.5 Å². The zero-order valence-corrected chi connectivity index (χ0v) is 10.4. The Bertz CT molecular complexity index is 555. The van der Waals surface area contributed by atoms with Gasteiger partial charge in [-0.25, -0.2) is 8.78 Å². The highest BCUT2D eigenvalue weighted by molar-refractivity contribution is 5.28. The van der Waals surface area contributed by atoms with Gasteiger partial charge >= 0.3 is 0 Å². The van der Waals surface area contributed by atoms with E-state index in [9.17, 15) is 8.78 Å². The number of rotatable bonds is 4. The summed E-state index contributed by atoms with van der Waals surface area (Å²) in [4.78, 5) is 4.00. The molecule has 0 saturated heterocycles. The van der Waals surface area contributed by atoms with Crippen LogP contribution in [-0.2, 0) is 6.42 Å². The number of aromatic nitrogens is 1. The molecule has 0 saturated carbocycles. The first-order valence-corrected chi connectivity index (χ1v) is 5.78. The quantitative estimate of drug-likeness (QED) is 0.923. The van der Waals surface area contributed by atoms with Crippen LogP contribution < -0.4 is 10.5 Å². The Morgan fingerprint density at radius 2 is 1.84 bits per heavy atom. The molecule has 100 valence electrons. The predicted octanol–water partition coefficient (Wildman–Crippen LogP) is 2.61. The van der Waals surface area contributed by atoms with E-state index in [-0.39, 0.29) is 0 Å². The molecular formula is C14H14F2N2O. The molecule has 0 amide bonds. The molecule has 3 nitrogen and oxygen atoms in total. The number of pyridine rings is 1. The van der Waals surface area contributed by atoms with Crippen LogP contribution in [0.25, 0.3) is 0 Å². The smallest absolute Gasteiger partial charge is 0.137 e. The van der Waals surface area contributed by atoms with Crippen molar-refractivity contribution in [3.8, 4) is 5.75 Å². The SMILES string of the molecule is COc1cncc(C(N)Cc2cc(F)cc(F)c2)c1. The Balaban J connectivity index is 2.17. The van der Waals surface area contributed by atoms with Crippen molar-refractivity contribution < 1.29 is 13.5 Å². The first-order valence-electron chi connectivity index (χ1n) is 5.78. The minimum absolute atomic E-state index is 0.323. The molecule has 2 aromatic rings. The van der Waals surface area contributed by atoms with E-state index in [0.717, 1.165) is 11.6 Å². The van der Waals surface area contributed by atoms with Crippen molar-refractivity contribution in [1.82, 2.24) is 4.98 Å². The van der Waals surface area contributed by atoms with Gasteiger partial charge in [-0.2, -0.15) is 0 Å². The van der Waals surface area contributed by atoms with E-state index in [1.807, 2.05) is 0 Å². The maximum atomic E-state index is 13.1. The lowest BCUT2D eigenvalue weighted by molar-refractivity contribution is 0.411. The molecule has 5 heteroatoms. The van der Waals surface area contributed by atoms with Gasteiger partial charge in [0.05, 0.1) is 13.3 Å². The number of hydrogen-bond acceptors (Lipinski definition) is 3. The third kappa shape index (κ3) is 3.48. The van der Waals surface area contributed by atoms with Crippen LogP contribution in [0, 0.1) is 11.6 Å². The standard InChI is InChI=1S/C14H14F2N2O/c1-19-13-5-10(7-18-8-13)14(17)4-9-2-11(15)6-12(16)3-9/h2-3,5-8,14H,4,17H2,1H3. The average molecular weight is 264 g/mol. The summed E-state index contributed by atoms with van der Waals surface area (Å²) in [6.07, 6.45) is 3.50. The summed E-state index contributed by atoms with van der Waals surface area (Å²) < 4.78 is 31.2. The van der Waals surface area contributed by atoms with Crippen molar-refractivity contribution in [2.75, 3.05) is 7.11 Å². The van der Waals surface area contributed by atoms with E-state index in [1.54, 1.807) is 18.5 Å². The Labute approximate surface area is 110 Å². The van der Waals surface area contributed by atoms with E-state index >= 15 is 0 Å². The Kier molecular flexibility index (Phi) is 4.06. The van der Waals surface area contributed by atoms with Crippen LogP contribution in [0.1, 0.15) is 17.2 Å². The van der Waals surface area contributed by atoms with Crippen LogP contribution in [0.15, 0.2) is 36.7 Å². The van der Waals surface area contributed by atoms with Gasteiger partial charge in [0.15, 0.2) is 0 Å². The van der Waals surface area contributed by atoms with Gasteiger partial charge in [-0.05, 0) is 35.7 Å². The van der Waals surface area contributed by atoms with Gasteiger partial charge in [0.25, 0.3) is 0 Å². The third-order valence-corrected chi connectivity index (χ3v) is 2.78. The second-order valence-corrected chi connectivity index (χ2v) is 4.25. The maximum absolute atomic E-state index is 13.1. The normalized spacial score (nSPS) is 12.2. The van der Waals surface area contributed by atoms with Gasteiger partial charge in [-0.3, -0.25) is 4.98 Å². The molecule has 1 unspecified atom stereocenters. The van der Waals surface area contributed by atoms with Crippen LogP contribution in [0.2, 0.25) is 0 Å². The molecular weight excluding hydrogens is 250 g/mol. The molecule has 0 aliphatic heterocycles. The van der Waals surface area contributed by atoms with Crippen molar-refractivity contribution in [1.29, 1.82) is 0 Å². The zero-order chi connectivity index (χ0) is 13.8. The van der Waals surface area contributed by atoms with E-state index < -0.39 is 17.7 Å². The topological polar surface area (TPSA) is 48.1 Å².